The summed E-state index contributed by atoms with van der Waals surface area (Å²) >= 11 is 3.78. The molecule has 0 bridgehead atoms. The minimum Gasteiger partial charge on any atom is -0.313 e. The molecule has 1 nitrogen and oxygen atoms in total. The van der Waals surface area contributed by atoms with Crippen LogP contribution in [0.3, 0.4) is 0 Å². The Labute approximate surface area is 118 Å². The van der Waals surface area contributed by atoms with Crippen LogP contribution in [0.4, 0.5) is 0 Å². The highest BCUT2D eigenvalue weighted by Crippen LogP contribution is 2.20. The third-order valence-corrected chi connectivity index (χ3v) is 4.79. The van der Waals surface area contributed by atoms with Gasteiger partial charge in [-0.25, -0.2) is 0 Å². The number of benzene rings is 1. The Balaban J connectivity index is 1.86. The fourth-order valence-electron chi connectivity index (χ4n) is 1.86. The first-order chi connectivity index (χ1) is 8.88. The normalized spacial score (nSPS) is 12.5. The molecule has 1 aromatic heterocycles. The lowest BCUT2D eigenvalue weighted by Crippen LogP contribution is -2.32. The zero-order valence-electron chi connectivity index (χ0n) is 10.6. The first kappa shape index (κ1) is 13.7. The number of thioether (sulfide) groups is 1. The molecule has 0 aliphatic rings. The summed E-state index contributed by atoms with van der Waals surface area (Å²) in [5.41, 5.74) is 0. The molecule has 1 atom stereocenters. The van der Waals surface area contributed by atoms with Crippen LogP contribution in [0.25, 0.3) is 0 Å². The lowest BCUT2D eigenvalue weighted by molar-refractivity contribution is 0.576. The summed E-state index contributed by atoms with van der Waals surface area (Å²) < 4.78 is 0. The van der Waals surface area contributed by atoms with E-state index in [1.807, 2.05) is 23.1 Å². The highest BCUT2D eigenvalue weighted by atomic mass is 32.2. The fraction of sp³-hybridized carbons (Fsp3) is 0.333. The van der Waals surface area contributed by atoms with Gasteiger partial charge in [-0.2, -0.15) is 0 Å². The Hall–Kier alpha value is -0.770. The van der Waals surface area contributed by atoms with Crippen LogP contribution in [0.2, 0.25) is 0 Å². The van der Waals surface area contributed by atoms with Crippen molar-refractivity contribution in [3.63, 3.8) is 0 Å². The predicted molar refractivity (Wildman–Crippen MR) is 82.7 cm³/mol. The number of rotatable bonds is 7. The van der Waals surface area contributed by atoms with Crippen LogP contribution in [0.15, 0.2) is 52.7 Å². The van der Waals surface area contributed by atoms with Crippen molar-refractivity contribution in [2.45, 2.75) is 24.3 Å². The van der Waals surface area contributed by atoms with Crippen LogP contribution in [-0.2, 0) is 6.42 Å². The van der Waals surface area contributed by atoms with E-state index in [1.165, 1.54) is 9.77 Å². The van der Waals surface area contributed by atoms with E-state index in [0.717, 1.165) is 18.7 Å². The highest BCUT2D eigenvalue weighted by Gasteiger charge is 2.09. The number of hydrogen-bond donors (Lipinski definition) is 1. The van der Waals surface area contributed by atoms with Gasteiger partial charge in [-0.3, -0.25) is 0 Å². The molecular formula is C15H19NS2. The van der Waals surface area contributed by atoms with Crippen molar-refractivity contribution in [3.05, 3.63) is 52.7 Å². The number of thiophene rings is 1. The monoisotopic (exact) mass is 277 g/mol. The van der Waals surface area contributed by atoms with Crippen LogP contribution >= 0.6 is 23.1 Å². The highest BCUT2D eigenvalue weighted by molar-refractivity contribution is 7.99. The Morgan fingerprint density at radius 2 is 2.00 bits per heavy atom. The number of likely N-dealkylation sites (N-methyl/N-ethyl adjacent to an activating group) is 1. The molecule has 18 heavy (non-hydrogen) atoms. The minimum atomic E-state index is 0.554. The molecular weight excluding hydrogens is 258 g/mol. The molecule has 0 aliphatic carbocycles. The standard InChI is InChI=1S/C15H19NS2/c1-2-16-13(11-15-9-6-10-17-15)12-18-14-7-4-3-5-8-14/h3-10,13,16H,2,11-12H2,1H3. The average molecular weight is 277 g/mol. The molecule has 0 spiro atoms. The van der Waals surface area contributed by atoms with Gasteiger partial charge in [0.2, 0.25) is 0 Å². The lowest BCUT2D eigenvalue weighted by atomic mass is 10.2. The van der Waals surface area contributed by atoms with E-state index in [0.29, 0.717) is 6.04 Å². The van der Waals surface area contributed by atoms with Crippen LogP contribution < -0.4 is 5.32 Å². The number of hydrogen-bond acceptors (Lipinski definition) is 3. The van der Waals surface area contributed by atoms with Gasteiger partial charge >= 0.3 is 0 Å². The van der Waals surface area contributed by atoms with Crippen LogP contribution in [0.1, 0.15) is 11.8 Å². The summed E-state index contributed by atoms with van der Waals surface area (Å²) in [6.07, 6.45) is 1.13. The molecule has 0 saturated carbocycles. The molecule has 0 saturated heterocycles. The van der Waals surface area contributed by atoms with E-state index < -0.39 is 0 Å². The van der Waals surface area contributed by atoms with Gasteiger partial charge in [0.25, 0.3) is 0 Å². The molecule has 1 unspecified atom stereocenters. The molecule has 1 heterocycles. The zero-order valence-corrected chi connectivity index (χ0v) is 12.3. The van der Waals surface area contributed by atoms with Gasteiger partial charge in [0.1, 0.15) is 0 Å². The Bertz CT molecular complexity index is 425. The Kier molecular flexibility index (Phi) is 5.78. The van der Waals surface area contributed by atoms with E-state index in [-0.39, 0.29) is 0 Å². The van der Waals surface area contributed by atoms with E-state index in [9.17, 15) is 0 Å². The molecule has 0 aliphatic heterocycles. The van der Waals surface area contributed by atoms with Gasteiger partial charge in [0.15, 0.2) is 0 Å². The van der Waals surface area contributed by atoms with E-state index >= 15 is 0 Å². The summed E-state index contributed by atoms with van der Waals surface area (Å²) in [4.78, 5) is 2.82. The van der Waals surface area contributed by atoms with Crippen molar-refractivity contribution < 1.29 is 0 Å². The molecule has 96 valence electrons. The first-order valence-electron chi connectivity index (χ1n) is 6.32. The largest absolute Gasteiger partial charge is 0.313 e. The second-order valence-corrected chi connectivity index (χ2v) is 6.29. The van der Waals surface area contributed by atoms with E-state index in [2.05, 4.69) is 60.1 Å². The Morgan fingerprint density at radius 3 is 2.67 bits per heavy atom. The van der Waals surface area contributed by atoms with Crippen LogP contribution in [0, 0.1) is 0 Å². The Morgan fingerprint density at radius 1 is 1.17 bits per heavy atom. The summed E-state index contributed by atoms with van der Waals surface area (Å²) in [5.74, 6) is 1.12. The quantitative estimate of drug-likeness (QED) is 0.766. The average Bonchev–Trinajstić information content (AvgIpc) is 2.90. The lowest BCUT2D eigenvalue weighted by Gasteiger charge is -2.16. The molecule has 1 aromatic carbocycles. The minimum absolute atomic E-state index is 0.554. The molecule has 1 N–H and O–H groups in total. The van der Waals surface area contributed by atoms with Crippen molar-refractivity contribution in [2.24, 2.45) is 0 Å². The maximum absolute atomic E-state index is 3.58. The third kappa shape index (κ3) is 4.48. The predicted octanol–water partition coefficient (Wildman–Crippen LogP) is 4.06. The van der Waals surface area contributed by atoms with Gasteiger partial charge in [0, 0.05) is 21.6 Å². The van der Waals surface area contributed by atoms with Gasteiger partial charge in [0.05, 0.1) is 0 Å². The summed E-state index contributed by atoms with van der Waals surface area (Å²) in [7, 11) is 0. The maximum atomic E-state index is 3.58. The second-order valence-electron chi connectivity index (χ2n) is 4.16. The van der Waals surface area contributed by atoms with Crippen LogP contribution in [0.5, 0.6) is 0 Å². The van der Waals surface area contributed by atoms with Crippen molar-refractivity contribution in [1.29, 1.82) is 0 Å². The van der Waals surface area contributed by atoms with Gasteiger partial charge in [-0.05, 0) is 36.5 Å². The van der Waals surface area contributed by atoms with Crippen molar-refractivity contribution >= 4 is 23.1 Å². The zero-order chi connectivity index (χ0) is 12.6. The SMILES string of the molecule is CCNC(CSc1ccccc1)Cc1cccs1. The van der Waals surface area contributed by atoms with Crippen molar-refractivity contribution in [3.8, 4) is 0 Å². The molecule has 3 heteroatoms. The van der Waals surface area contributed by atoms with E-state index in [1.54, 1.807) is 0 Å². The molecule has 2 rings (SSSR count). The smallest absolute Gasteiger partial charge is 0.0209 e. The van der Waals surface area contributed by atoms with Gasteiger partial charge in [-0.15, -0.1) is 23.1 Å². The summed E-state index contributed by atoms with van der Waals surface area (Å²) in [5, 5.41) is 5.73. The second kappa shape index (κ2) is 7.62. The first-order valence-corrected chi connectivity index (χ1v) is 8.18. The maximum Gasteiger partial charge on any atom is 0.0209 e. The molecule has 0 radical (unpaired) electrons. The van der Waals surface area contributed by atoms with Crippen LogP contribution in [-0.4, -0.2) is 18.3 Å². The molecule has 2 aromatic rings. The summed E-state index contributed by atoms with van der Waals surface area (Å²) in [6.45, 7) is 3.21. The summed E-state index contributed by atoms with van der Waals surface area (Å²) in [6, 6.07) is 15.5. The van der Waals surface area contributed by atoms with E-state index in [4.69, 9.17) is 0 Å². The number of nitrogens with one attached hydrogen (secondary N) is 1. The van der Waals surface area contributed by atoms with Crippen molar-refractivity contribution in [2.75, 3.05) is 12.3 Å². The topological polar surface area (TPSA) is 12.0 Å². The van der Waals surface area contributed by atoms with Crippen molar-refractivity contribution in [1.82, 2.24) is 5.32 Å². The third-order valence-electron chi connectivity index (χ3n) is 2.71. The molecule has 0 amide bonds. The van der Waals surface area contributed by atoms with Gasteiger partial charge in [-0.1, -0.05) is 31.2 Å². The fourth-order valence-corrected chi connectivity index (χ4v) is 3.63. The van der Waals surface area contributed by atoms with Gasteiger partial charge < -0.3 is 5.32 Å². The molecule has 0 fully saturated rings.